The van der Waals surface area contributed by atoms with Crippen LogP contribution in [0.3, 0.4) is 0 Å². The number of benzene rings is 3. The summed E-state index contributed by atoms with van der Waals surface area (Å²) in [5.74, 6) is -1.33. The van der Waals surface area contributed by atoms with Gasteiger partial charge < -0.3 is 15.2 Å². The molecule has 0 radical (unpaired) electrons. The minimum atomic E-state index is -1.20. The van der Waals surface area contributed by atoms with Crippen LogP contribution in [0, 0.1) is 10.1 Å². The molecule has 1 aliphatic rings. The maximum atomic E-state index is 12.4. The van der Waals surface area contributed by atoms with Gasteiger partial charge in [-0.15, -0.1) is 0 Å². The van der Waals surface area contributed by atoms with Crippen LogP contribution in [0.5, 0.6) is 0 Å². The van der Waals surface area contributed by atoms with E-state index >= 15 is 0 Å². The average Bonchev–Trinajstić information content (AvgIpc) is 3.14. The maximum Gasteiger partial charge on any atom is 0.407 e. The molecule has 0 saturated carbocycles. The fraction of sp³-hybridized carbons (Fsp3) is 0.200. The highest BCUT2D eigenvalue weighted by atomic mass is 16.6. The Hall–Kier alpha value is -4.20. The van der Waals surface area contributed by atoms with Gasteiger partial charge in [-0.3, -0.25) is 10.1 Å². The van der Waals surface area contributed by atoms with Crippen LogP contribution in [0.2, 0.25) is 0 Å². The molecule has 0 saturated heterocycles. The number of hydrogen-bond donors (Lipinski definition) is 2. The van der Waals surface area contributed by atoms with Crippen molar-refractivity contribution in [1.82, 2.24) is 5.32 Å². The molecule has 0 aliphatic heterocycles. The molecule has 0 bridgehead atoms. The molecule has 3 aromatic rings. The first-order valence-corrected chi connectivity index (χ1v) is 10.5. The first-order chi connectivity index (χ1) is 15.9. The third-order valence-corrected chi connectivity index (χ3v) is 5.78. The number of nitro benzene ring substituents is 1. The number of alkyl carbamates (subject to hydrolysis) is 1. The number of carboxylic acid groups (broad SMARTS) is 1. The van der Waals surface area contributed by atoms with Crippen molar-refractivity contribution in [3.63, 3.8) is 0 Å². The highest BCUT2D eigenvalue weighted by Crippen LogP contribution is 2.44. The molecule has 0 spiro atoms. The molecule has 8 heteroatoms. The highest BCUT2D eigenvalue weighted by Gasteiger charge is 2.29. The number of nitro groups is 1. The van der Waals surface area contributed by atoms with E-state index in [4.69, 9.17) is 4.74 Å². The van der Waals surface area contributed by atoms with Crippen LogP contribution in [0.1, 0.15) is 29.0 Å². The van der Waals surface area contributed by atoms with E-state index in [9.17, 15) is 24.8 Å². The standard InChI is InChI=1S/C25H22N2O6/c28-24(29)23(13-12-16-6-5-7-17(14-16)27(31)32)26-25(30)33-15-22-20-10-3-1-8-18(20)19-9-2-4-11-21(19)22/h1-11,14,22-23H,12-13,15H2,(H,26,30)(H,28,29). The fourth-order valence-corrected chi connectivity index (χ4v) is 4.18. The monoisotopic (exact) mass is 446 g/mol. The lowest BCUT2D eigenvalue weighted by Crippen LogP contribution is -2.41. The highest BCUT2D eigenvalue weighted by molar-refractivity contribution is 5.81. The molecule has 1 atom stereocenters. The number of non-ortho nitro benzene ring substituents is 1. The summed E-state index contributed by atoms with van der Waals surface area (Å²) in [6.45, 7) is 0.0804. The van der Waals surface area contributed by atoms with Crippen molar-refractivity contribution in [2.24, 2.45) is 0 Å². The van der Waals surface area contributed by atoms with Crippen molar-refractivity contribution in [1.29, 1.82) is 0 Å². The smallest absolute Gasteiger partial charge is 0.407 e. The quantitative estimate of drug-likeness (QED) is 0.388. The summed E-state index contributed by atoms with van der Waals surface area (Å²) in [7, 11) is 0. The minimum Gasteiger partial charge on any atom is -0.480 e. The van der Waals surface area contributed by atoms with Crippen molar-refractivity contribution in [3.8, 4) is 11.1 Å². The average molecular weight is 446 g/mol. The zero-order chi connectivity index (χ0) is 23.4. The van der Waals surface area contributed by atoms with E-state index in [-0.39, 0.29) is 31.1 Å². The van der Waals surface area contributed by atoms with E-state index in [1.165, 1.54) is 12.1 Å². The molecule has 0 aromatic heterocycles. The Morgan fingerprint density at radius 1 is 1.00 bits per heavy atom. The first-order valence-electron chi connectivity index (χ1n) is 10.5. The lowest BCUT2D eigenvalue weighted by Gasteiger charge is -2.17. The van der Waals surface area contributed by atoms with Gasteiger partial charge in [0.05, 0.1) is 4.92 Å². The lowest BCUT2D eigenvalue weighted by atomic mass is 9.98. The van der Waals surface area contributed by atoms with Gasteiger partial charge in [0.2, 0.25) is 0 Å². The Balaban J connectivity index is 1.38. The van der Waals surface area contributed by atoms with Crippen molar-refractivity contribution in [2.75, 3.05) is 6.61 Å². The number of nitrogens with one attached hydrogen (secondary N) is 1. The van der Waals surface area contributed by atoms with Crippen molar-refractivity contribution >= 4 is 17.7 Å². The second-order valence-electron chi connectivity index (χ2n) is 7.83. The topological polar surface area (TPSA) is 119 Å². The number of carboxylic acids is 1. The lowest BCUT2D eigenvalue weighted by molar-refractivity contribution is -0.384. The largest absolute Gasteiger partial charge is 0.480 e. The Kier molecular flexibility index (Phi) is 6.35. The van der Waals surface area contributed by atoms with E-state index in [2.05, 4.69) is 5.32 Å². The molecule has 2 N–H and O–H groups in total. The second kappa shape index (κ2) is 9.52. The number of carbonyl (C=O) groups excluding carboxylic acids is 1. The van der Waals surface area contributed by atoms with Gasteiger partial charge in [0.25, 0.3) is 5.69 Å². The third-order valence-electron chi connectivity index (χ3n) is 5.78. The number of hydrogen-bond acceptors (Lipinski definition) is 5. The zero-order valence-electron chi connectivity index (χ0n) is 17.6. The van der Waals surface area contributed by atoms with Crippen molar-refractivity contribution in [3.05, 3.63) is 99.6 Å². The maximum absolute atomic E-state index is 12.4. The fourth-order valence-electron chi connectivity index (χ4n) is 4.18. The van der Waals surface area contributed by atoms with Gasteiger partial charge in [0.1, 0.15) is 12.6 Å². The molecular weight excluding hydrogens is 424 g/mol. The molecule has 168 valence electrons. The van der Waals surface area contributed by atoms with Gasteiger partial charge >= 0.3 is 12.1 Å². The van der Waals surface area contributed by atoms with E-state index in [1.807, 2.05) is 48.5 Å². The number of rotatable bonds is 8. The van der Waals surface area contributed by atoms with Crippen LogP contribution >= 0.6 is 0 Å². The molecule has 3 aromatic carbocycles. The van der Waals surface area contributed by atoms with Gasteiger partial charge in [-0.1, -0.05) is 60.7 Å². The van der Waals surface area contributed by atoms with Crippen LogP contribution in [-0.4, -0.2) is 34.7 Å². The molecule has 33 heavy (non-hydrogen) atoms. The summed E-state index contributed by atoms with van der Waals surface area (Å²) in [5, 5.41) is 22.8. The Bertz CT molecular complexity index is 1160. The number of aryl methyl sites for hydroxylation is 1. The SMILES string of the molecule is O=C(NC(CCc1cccc([N+](=O)[O-])c1)C(=O)O)OCC1c2ccccc2-c2ccccc21. The van der Waals surface area contributed by atoms with E-state index < -0.39 is 23.0 Å². The molecular formula is C25H22N2O6. The van der Waals surface area contributed by atoms with Crippen LogP contribution in [0.25, 0.3) is 11.1 Å². The van der Waals surface area contributed by atoms with Crippen LogP contribution in [0.15, 0.2) is 72.8 Å². The predicted molar refractivity (Wildman–Crippen MR) is 121 cm³/mol. The molecule has 1 unspecified atom stereocenters. The van der Waals surface area contributed by atoms with Crippen LogP contribution in [-0.2, 0) is 16.0 Å². The van der Waals surface area contributed by atoms with E-state index in [0.29, 0.717) is 5.56 Å². The van der Waals surface area contributed by atoms with Gasteiger partial charge in [-0.2, -0.15) is 0 Å². The number of nitrogens with zero attached hydrogens (tertiary/aromatic N) is 1. The number of amides is 1. The predicted octanol–water partition coefficient (Wildman–Crippen LogP) is 4.52. The van der Waals surface area contributed by atoms with E-state index in [1.54, 1.807) is 12.1 Å². The first kappa shape index (κ1) is 22.0. The molecule has 8 nitrogen and oxygen atoms in total. The Morgan fingerprint density at radius 2 is 1.64 bits per heavy atom. The summed E-state index contributed by atoms with van der Waals surface area (Å²) < 4.78 is 5.42. The van der Waals surface area contributed by atoms with Gasteiger partial charge in [-0.25, -0.2) is 9.59 Å². The molecule has 4 rings (SSSR count). The normalized spacial score (nSPS) is 13.0. The minimum absolute atomic E-state index is 0.0659. The van der Waals surface area contributed by atoms with Crippen LogP contribution in [0.4, 0.5) is 10.5 Å². The number of ether oxygens (including phenoxy) is 1. The summed E-state index contributed by atoms with van der Waals surface area (Å²) >= 11 is 0. The molecule has 1 aliphatic carbocycles. The van der Waals surface area contributed by atoms with Crippen molar-refractivity contribution < 1.29 is 24.4 Å². The Morgan fingerprint density at radius 3 is 2.24 bits per heavy atom. The zero-order valence-corrected chi connectivity index (χ0v) is 17.6. The number of carbonyl (C=O) groups is 2. The summed E-state index contributed by atoms with van der Waals surface area (Å²) in [4.78, 5) is 34.5. The van der Waals surface area contributed by atoms with Gasteiger partial charge in [-0.05, 0) is 40.7 Å². The summed E-state index contributed by atoms with van der Waals surface area (Å²) in [6.07, 6.45) is -0.494. The number of fused-ring (bicyclic) bond motifs is 3. The summed E-state index contributed by atoms with van der Waals surface area (Å²) in [5.41, 5.74) is 4.87. The Labute approximate surface area is 190 Å². The summed E-state index contributed by atoms with van der Waals surface area (Å²) in [6, 6.07) is 20.7. The van der Waals surface area contributed by atoms with Gasteiger partial charge in [0.15, 0.2) is 0 Å². The second-order valence-corrected chi connectivity index (χ2v) is 7.83. The van der Waals surface area contributed by atoms with E-state index in [0.717, 1.165) is 22.3 Å². The van der Waals surface area contributed by atoms with Crippen molar-refractivity contribution in [2.45, 2.75) is 24.8 Å². The third kappa shape index (κ3) is 4.85. The molecule has 0 heterocycles. The molecule has 1 amide bonds. The molecule has 0 fully saturated rings. The van der Waals surface area contributed by atoms with Crippen LogP contribution < -0.4 is 5.32 Å². The number of aliphatic carboxylic acids is 1. The van der Waals surface area contributed by atoms with Gasteiger partial charge in [0, 0.05) is 18.1 Å².